The number of urea groups is 1. The SMILES string of the molecule is CCOC(Cc1ccc(OCCN(CCCOCc2ccccc2)C(=O)Nc2ccccc2OC)cc1)C(=O)O. The highest BCUT2D eigenvalue weighted by atomic mass is 16.5. The Hall–Kier alpha value is -4.08. The number of aliphatic carboxylic acids is 1. The molecule has 0 radical (unpaired) electrons. The lowest BCUT2D eigenvalue weighted by atomic mass is 10.1. The number of carbonyl (C=O) groups is 2. The van der Waals surface area contributed by atoms with Crippen molar-refractivity contribution in [2.24, 2.45) is 0 Å². The number of carboxylic acid groups (broad SMARTS) is 1. The summed E-state index contributed by atoms with van der Waals surface area (Å²) in [5.74, 6) is 0.218. The molecule has 1 unspecified atom stereocenters. The van der Waals surface area contributed by atoms with E-state index in [0.29, 0.717) is 56.5 Å². The summed E-state index contributed by atoms with van der Waals surface area (Å²) < 4.78 is 22.3. The first kappa shape index (κ1) is 30.5. The van der Waals surface area contributed by atoms with Crippen LogP contribution in [0.1, 0.15) is 24.5 Å². The normalized spacial score (nSPS) is 11.4. The monoisotopic (exact) mass is 550 g/mol. The number of amides is 2. The second-order valence-electron chi connectivity index (χ2n) is 8.99. The number of para-hydroxylation sites is 2. The van der Waals surface area contributed by atoms with E-state index in [1.54, 1.807) is 43.2 Å². The zero-order valence-electron chi connectivity index (χ0n) is 23.1. The minimum absolute atomic E-state index is 0.262. The highest BCUT2D eigenvalue weighted by molar-refractivity contribution is 5.91. The Kier molecular flexibility index (Phi) is 12.8. The third-order valence-electron chi connectivity index (χ3n) is 6.08. The van der Waals surface area contributed by atoms with E-state index in [1.165, 1.54) is 0 Å². The molecule has 1 atom stereocenters. The third-order valence-corrected chi connectivity index (χ3v) is 6.08. The van der Waals surface area contributed by atoms with Gasteiger partial charge in [0.05, 0.1) is 25.9 Å². The molecular formula is C31H38N2O7. The van der Waals surface area contributed by atoms with Crippen LogP contribution < -0.4 is 14.8 Å². The lowest BCUT2D eigenvalue weighted by molar-refractivity contribution is -0.149. The van der Waals surface area contributed by atoms with E-state index in [2.05, 4.69) is 5.32 Å². The molecule has 0 spiro atoms. The average Bonchev–Trinajstić information content (AvgIpc) is 2.97. The number of carbonyl (C=O) groups excluding carboxylic acids is 1. The molecule has 0 aliphatic heterocycles. The van der Waals surface area contributed by atoms with E-state index in [0.717, 1.165) is 11.1 Å². The van der Waals surface area contributed by atoms with Gasteiger partial charge in [-0.15, -0.1) is 0 Å². The number of hydrogen-bond donors (Lipinski definition) is 2. The summed E-state index contributed by atoms with van der Waals surface area (Å²) in [5.41, 5.74) is 2.52. The van der Waals surface area contributed by atoms with Crippen LogP contribution in [0.3, 0.4) is 0 Å². The van der Waals surface area contributed by atoms with Gasteiger partial charge in [0.25, 0.3) is 0 Å². The molecule has 9 heteroatoms. The molecule has 0 aliphatic rings. The van der Waals surface area contributed by atoms with Gasteiger partial charge in [0.1, 0.15) is 18.1 Å². The molecule has 9 nitrogen and oxygen atoms in total. The van der Waals surface area contributed by atoms with E-state index in [1.807, 2.05) is 54.6 Å². The van der Waals surface area contributed by atoms with Crippen LogP contribution in [0.15, 0.2) is 78.9 Å². The summed E-state index contributed by atoms with van der Waals surface area (Å²) in [4.78, 5) is 26.2. The van der Waals surface area contributed by atoms with Crippen molar-refractivity contribution < 1.29 is 33.6 Å². The molecule has 2 amide bonds. The van der Waals surface area contributed by atoms with Gasteiger partial charge >= 0.3 is 12.0 Å². The van der Waals surface area contributed by atoms with Gasteiger partial charge in [-0.1, -0.05) is 54.6 Å². The Balaban J connectivity index is 1.54. The van der Waals surface area contributed by atoms with Crippen molar-refractivity contribution >= 4 is 17.7 Å². The molecule has 3 rings (SSSR count). The molecule has 2 N–H and O–H groups in total. The molecule has 0 fully saturated rings. The van der Waals surface area contributed by atoms with Crippen molar-refractivity contribution in [3.63, 3.8) is 0 Å². The molecule has 3 aromatic rings. The Morgan fingerprint density at radius 1 is 0.900 bits per heavy atom. The first-order valence-corrected chi connectivity index (χ1v) is 13.4. The summed E-state index contributed by atoms with van der Waals surface area (Å²) in [7, 11) is 1.56. The van der Waals surface area contributed by atoms with Gasteiger partial charge in [-0.2, -0.15) is 0 Å². The maximum atomic E-state index is 13.2. The number of rotatable bonds is 17. The van der Waals surface area contributed by atoms with Gasteiger partial charge in [0, 0.05) is 26.2 Å². The smallest absolute Gasteiger partial charge is 0.333 e. The number of ether oxygens (including phenoxy) is 4. The minimum Gasteiger partial charge on any atom is -0.495 e. The molecule has 0 heterocycles. The Bertz CT molecular complexity index is 1170. The van der Waals surface area contributed by atoms with Crippen LogP contribution in [-0.2, 0) is 27.3 Å². The first-order valence-electron chi connectivity index (χ1n) is 13.4. The standard InChI is InChI=1S/C31H38N2O7/c1-3-39-29(30(34)35)22-24-14-16-26(17-15-24)40-21-19-33(18-9-20-38-23-25-10-5-4-6-11-25)31(36)32-27-12-7-8-13-28(27)37-2/h4-8,10-17,29H,3,9,18-23H2,1-2H3,(H,32,36)(H,34,35). The molecule has 0 bridgehead atoms. The number of methoxy groups -OCH3 is 1. The van der Waals surface area contributed by atoms with Crippen molar-refractivity contribution in [2.45, 2.75) is 32.5 Å². The summed E-state index contributed by atoms with van der Waals surface area (Å²) in [6, 6.07) is 24.2. The lowest BCUT2D eigenvalue weighted by Crippen LogP contribution is -2.39. The summed E-state index contributed by atoms with van der Waals surface area (Å²) in [6.07, 6.45) is 0.0433. The first-order chi connectivity index (χ1) is 19.5. The lowest BCUT2D eigenvalue weighted by Gasteiger charge is -2.24. The highest BCUT2D eigenvalue weighted by Crippen LogP contribution is 2.23. The van der Waals surface area contributed by atoms with Crippen LogP contribution in [0.2, 0.25) is 0 Å². The Morgan fingerprint density at radius 2 is 1.62 bits per heavy atom. The quantitative estimate of drug-likeness (QED) is 0.221. The Labute approximate surface area is 235 Å². The number of nitrogens with zero attached hydrogens (tertiary/aromatic N) is 1. The molecule has 40 heavy (non-hydrogen) atoms. The number of hydrogen-bond acceptors (Lipinski definition) is 6. The van der Waals surface area contributed by atoms with Gasteiger partial charge in [-0.3, -0.25) is 0 Å². The van der Waals surface area contributed by atoms with Crippen LogP contribution in [0.5, 0.6) is 11.5 Å². The molecule has 3 aromatic carbocycles. The molecule has 0 saturated heterocycles. The number of benzene rings is 3. The van der Waals surface area contributed by atoms with Gasteiger partial charge < -0.3 is 34.3 Å². The van der Waals surface area contributed by atoms with Gasteiger partial charge in [0.2, 0.25) is 0 Å². The molecular weight excluding hydrogens is 512 g/mol. The van der Waals surface area contributed by atoms with Crippen molar-refractivity contribution in [2.75, 3.05) is 45.3 Å². The van der Waals surface area contributed by atoms with Crippen LogP contribution >= 0.6 is 0 Å². The number of carboxylic acids is 1. The predicted molar refractivity (Wildman–Crippen MR) is 153 cm³/mol. The number of nitrogens with one attached hydrogen (secondary N) is 1. The average molecular weight is 551 g/mol. The van der Waals surface area contributed by atoms with Crippen LogP contribution in [-0.4, -0.2) is 68.1 Å². The van der Waals surface area contributed by atoms with Crippen molar-refractivity contribution in [3.05, 3.63) is 90.0 Å². The second kappa shape index (κ2) is 16.8. The summed E-state index contributed by atoms with van der Waals surface area (Å²) in [6.45, 7) is 4.24. The number of anilines is 1. The van der Waals surface area contributed by atoms with Gasteiger partial charge in [0.15, 0.2) is 6.10 Å². The Morgan fingerprint density at radius 3 is 2.33 bits per heavy atom. The fraction of sp³-hybridized carbons (Fsp3) is 0.355. The predicted octanol–water partition coefficient (Wildman–Crippen LogP) is 5.25. The van der Waals surface area contributed by atoms with E-state index in [4.69, 9.17) is 18.9 Å². The van der Waals surface area contributed by atoms with Crippen LogP contribution in [0.4, 0.5) is 10.5 Å². The van der Waals surface area contributed by atoms with Crippen molar-refractivity contribution in [3.8, 4) is 11.5 Å². The van der Waals surface area contributed by atoms with Crippen LogP contribution in [0.25, 0.3) is 0 Å². The fourth-order valence-corrected chi connectivity index (χ4v) is 4.01. The molecule has 0 aliphatic carbocycles. The van der Waals surface area contributed by atoms with Crippen molar-refractivity contribution in [1.29, 1.82) is 0 Å². The maximum absolute atomic E-state index is 13.2. The maximum Gasteiger partial charge on any atom is 0.333 e. The van der Waals surface area contributed by atoms with E-state index in [9.17, 15) is 14.7 Å². The third kappa shape index (κ3) is 10.2. The zero-order valence-corrected chi connectivity index (χ0v) is 23.1. The topological polar surface area (TPSA) is 107 Å². The van der Waals surface area contributed by atoms with E-state index in [-0.39, 0.29) is 19.1 Å². The zero-order chi connectivity index (χ0) is 28.6. The summed E-state index contributed by atoms with van der Waals surface area (Å²) in [5, 5.41) is 12.2. The fourth-order valence-electron chi connectivity index (χ4n) is 4.01. The van der Waals surface area contributed by atoms with Gasteiger partial charge in [-0.25, -0.2) is 9.59 Å². The molecule has 214 valence electrons. The molecule has 0 saturated carbocycles. The summed E-state index contributed by atoms with van der Waals surface area (Å²) >= 11 is 0. The van der Waals surface area contributed by atoms with E-state index >= 15 is 0 Å². The van der Waals surface area contributed by atoms with Crippen LogP contribution in [0, 0.1) is 0 Å². The molecule has 0 aromatic heterocycles. The minimum atomic E-state index is -0.987. The van der Waals surface area contributed by atoms with Crippen molar-refractivity contribution in [1.82, 2.24) is 4.90 Å². The largest absolute Gasteiger partial charge is 0.495 e. The van der Waals surface area contributed by atoms with Gasteiger partial charge in [-0.05, 0) is 48.7 Å². The highest BCUT2D eigenvalue weighted by Gasteiger charge is 2.18. The second-order valence-corrected chi connectivity index (χ2v) is 8.99. The van der Waals surface area contributed by atoms with E-state index < -0.39 is 12.1 Å².